The zero-order chi connectivity index (χ0) is 21.3. The number of nitrogens with zero attached hydrogens (tertiary/aromatic N) is 1. The van der Waals surface area contributed by atoms with Crippen LogP contribution in [0.5, 0.6) is 0 Å². The molecule has 5 nitrogen and oxygen atoms in total. The molecule has 1 aliphatic heterocycles. The first-order valence-electron chi connectivity index (χ1n) is 11.6. The summed E-state index contributed by atoms with van der Waals surface area (Å²) in [6.45, 7) is 6.01. The monoisotopic (exact) mass is 419 g/mol. The number of benzene rings is 1. The van der Waals surface area contributed by atoms with Crippen molar-refractivity contribution in [1.82, 2.24) is 10.6 Å². The molecule has 0 amide bonds. The maximum Gasteiger partial charge on any atom is 0.191 e. The molecule has 1 saturated heterocycles. The van der Waals surface area contributed by atoms with Crippen LogP contribution in [0.2, 0.25) is 0 Å². The van der Waals surface area contributed by atoms with Crippen molar-refractivity contribution in [2.45, 2.75) is 63.7 Å². The van der Waals surface area contributed by atoms with Crippen LogP contribution < -0.4 is 10.6 Å². The summed E-state index contributed by atoms with van der Waals surface area (Å²) in [5.41, 5.74) is 1.19. The van der Waals surface area contributed by atoms with Crippen molar-refractivity contribution >= 4 is 5.96 Å². The fraction of sp³-hybridized carbons (Fsp3) is 0.708. The van der Waals surface area contributed by atoms with Crippen molar-refractivity contribution < 1.29 is 14.2 Å². The van der Waals surface area contributed by atoms with Crippen LogP contribution in [0.3, 0.4) is 0 Å². The summed E-state index contributed by atoms with van der Waals surface area (Å²) in [4.78, 5) is 4.94. The fourth-order valence-electron chi connectivity index (χ4n) is 5.00. The number of rotatable bonds is 8. The highest BCUT2D eigenvalue weighted by molar-refractivity contribution is 5.79. The van der Waals surface area contributed by atoms with Gasteiger partial charge in [0.15, 0.2) is 5.96 Å². The maximum atomic E-state index is 13.5. The Hall–Kier alpha value is -1.66. The van der Waals surface area contributed by atoms with Gasteiger partial charge < -0.3 is 20.5 Å². The molecule has 0 bridgehead atoms. The van der Waals surface area contributed by atoms with E-state index >= 15 is 0 Å². The number of ether oxygens (including phenoxy) is 1. The summed E-state index contributed by atoms with van der Waals surface area (Å²) in [7, 11) is 0. The molecule has 3 rings (SSSR count). The lowest BCUT2D eigenvalue weighted by molar-refractivity contribution is 0.0513. The molecule has 168 valence electrons. The van der Waals surface area contributed by atoms with Crippen molar-refractivity contribution in [1.29, 1.82) is 0 Å². The lowest BCUT2D eigenvalue weighted by Crippen LogP contribution is -2.48. The summed E-state index contributed by atoms with van der Waals surface area (Å²) in [6.07, 6.45) is 8.67. The van der Waals surface area contributed by atoms with E-state index in [-0.39, 0.29) is 23.3 Å². The van der Waals surface area contributed by atoms with Gasteiger partial charge in [0.1, 0.15) is 5.82 Å². The van der Waals surface area contributed by atoms with Crippen LogP contribution in [0.25, 0.3) is 0 Å². The van der Waals surface area contributed by atoms with E-state index in [9.17, 15) is 9.50 Å². The first-order valence-corrected chi connectivity index (χ1v) is 11.6. The third-order valence-electron chi connectivity index (χ3n) is 6.97. The molecule has 1 saturated carbocycles. The Labute approximate surface area is 180 Å². The highest BCUT2D eigenvalue weighted by Gasteiger charge is 2.35. The molecule has 30 heavy (non-hydrogen) atoms. The third-order valence-corrected chi connectivity index (χ3v) is 6.97. The molecule has 6 heteroatoms. The second kappa shape index (κ2) is 11.1. The number of aliphatic hydroxyl groups is 1. The topological polar surface area (TPSA) is 65.9 Å². The fourth-order valence-corrected chi connectivity index (χ4v) is 5.00. The molecule has 1 heterocycles. The Morgan fingerprint density at radius 3 is 2.40 bits per heavy atom. The molecule has 1 aromatic carbocycles. The van der Waals surface area contributed by atoms with Crippen LogP contribution in [0.15, 0.2) is 29.3 Å². The Balaban J connectivity index is 1.72. The molecular formula is C24H38FN3O2. The molecule has 0 atom stereocenters. The molecule has 0 radical (unpaired) electrons. The van der Waals surface area contributed by atoms with Gasteiger partial charge in [0.2, 0.25) is 0 Å². The smallest absolute Gasteiger partial charge is 0.191 e. The average molecular weight is 420 g/mol. The number of guanidine groups is 1. The summed E-state index contributed by atoms with van der Waals surface area (Å²) in [5.74, 6) is 0.624. The zero-order valence-electron chi connectivity index (χ0n) is 18.4. The maximum absolute atomic E-state index is 13.5. The second-order valence-electron chi connectivity index (χ2n) is 8.98. The summed E-state index contributed by atoms with van der Waals surface area (Å²) in [6, 6.07) is 6.91. The summed E-state index contributed by atoms with van der Waals surface area (Å²) in [5, 5.41) is 16.5. The number of hydrogen-bond acceptors (Lipinski definition) is 3. The van der Waals surface area contributed by atoms with E-state index in [1.165, 1.54) is 19.3 Å². The van der Waals surface area contributed by atoms with Gasteiger partial charge in [0.05, 0.1) is 0 Å². The van der Waals surface area contributed by atoms with Gasteiger partial charge in [-0.1, -0.05) is 31.4 Å². The molecule has 0 spiro atoms. The van der Waals surface area contributed by atoms with E-state index in [1.54, 1.807) is 12.1 Å². The minimum atomic E-state index is -0.203. The zero-order valence-corrected chi connectivity index (χ0v) is 18.4. The quantitative estimate of drug-likeness (QED) is 0.443. The highest BCUT2D eigenvalue weighted by Crippen LogP contribution is 2.39. The Bertz CT molecular complexity index is 660. The van der Waals surface area contributed by atoms with E-state index in [0.717, 1.165) is 63.3 Å². The molecular weight excluding hydrogens is 381 g/mol. The van der Waals surface area contributed by atoms with Gasteiger partial charge in [-0.05, 0) is 62.1 Å². The van der Waals surface area contributed by atoms with Gasteiger partial charge in [-0.25, -0.2) is 4.39 Å². The van der Waals surface area contributed by atoms with Crippen molar-refractivity contribution in [2.24, 2.45) is 10.4 Å². The lowest BCUT2D eigenvalue weighted by Gasteiger charge is -2.38. The molecule has 1 aliphatic carbocycles. The molecule has 2 fully saturated rings. The Morgan fingerprint density at radius 1 is 1.07 bits per heavy atom. The lowest BCUT2D eigenvalue weighted by atomic mass is 9.72. The van der Waals surface area contributed by atoms with E-state index in [2.05, 4.69) is 17.6 Å². The minimum Gasteiger partial charge on any atom is -0.396 e. The van der Waals surface area contributed by atoms with Crippen molar-refractivity contribution in [3.63, 3.8) is 0 Å². The standard InChI is InChI=1S/C24H38FN3O2/c1-2-26-22(27-18-23(12-15-29)10-4-3-5-11-23)28-19-24(13-16-30-17-14-24)20-6-8-21(25)9-7-20/h6-9,29H,2-5,10-19H2,1H3,(H2,26,27,28). The summed E-state index contributed by atoms with van der Waals surface area (Å²) >= 11 is 0. The van der Waals surface area contributed by atoms with Crippen molar-refractivity contribution in [2.75, 3.05) is 39.5 Å². The van der Waals surface area contributed by atoms with Crippen LogP contribution in [0.1, 0.15) is 63.9 Å². The second-order valence-corrected chi connectivity index (χ2v) is 8.98. The van der Waals surface area contributed by atoms with E-state index in [1.807, 2.05) is 12.1 Å². The third kappa shape index (κ3) is 5.94. The van der Waals surface area contributed by atoms with Crippen LogP contribution in [0, 0.1) is 11.2 Å². The molecule has 2 aliphatic rings. The van der Waals surface area contributed by atoms with Crippen LogP contribution in [-0.2, 0) is 10.2 Å². The average Bonchev–Trinajstić information content (AvgIpc) is 2.78. The van der Waals surface area contributed by atoms with Gasteiger partial charge in [-0.15, -0.1) is 0 Å². The van der Waals surface area contributed by atoms with Gasteiger partial charge in [-0.2, -0.15) is 0 Å². The van der Waals surface area contributed by atoms with E-state index in [0.29, 0.717) is 13.2 Å². The first kappa shape index (κ1) is 23.0. The van der Waals surface area contributed by atoms with Gasteiger partial charge >= 0.3 is 0 Å². The highest BCUT2D eigenvalue weighted by atomic mass is 19.1. The van der Waals surface area contributed by atoms with E-state index < -0.39 is 0 Å². The number of hydrogen-bond donors (Lipinski definition) is 3. The van der Waals surface area contributed by atoms with Gasteiger partial charge in [0, 0.05) is 44.9 Å². The largest absolute Gasteiger partial charge is 0.396 e. The predicted octanol–water partition coefficient (Wildman–Crippen LogP) is 3.76. The van der Waals surface area contributed by atoms with Crippen LogP contribution in [0.4, 0.5) is 4.39 Å². The van der Waals surface area contributed by atoms with Crippen LogP contribution in [-0.4, -0.2) is 50.5 Å². The van der Waals surface area contributed by atoms with Crippen molar-refractivity contribution in [3.05, 3.63) is 35.6 Å². The first-order chi connectivity index (χ1) is 14.6. The van der Waals surface area contributed by atoms with Gasteiger partial charge in [-0.3, -0.25) is 4.99 Å². The van der Waals surface area contributed by atoms with E-state index in [4.69, 9.17) is 9.73 Å². The molecule has 0 unspecified atom stereocenters. The van der Waals surface area contributed by atoms with Crippen molar-refractivity contribution in [3.8, 4) is 0 Å². The molecule has 3 N–H and O–H groups in total. The normalized spacial score (nSPS) is 21.2. The number of aliphatic imine (C=N–C) groups is 1. The number of halogens is 1. The van der Waals surface area contributed by atoms with Crippen LogP contribution >= 0.6 is 0 Å². The number of nitrogens with one attached hydrogen (secondary N) is 2. The SMILES string of the molecule is CCNC(=NCC1(CCO)CCCCC1)NCC1(c2ccc(F)cc2)CCOCC1. The predicted molar refractivity (Wildman–Crippen MR) is 119 cm³/mol. The Morgan fingerprint density at radius 2 is 1.77 bits per heavy atom. The minimum absolute atomic E-state index is 0.0875. The molecule has 0 aromatic heterocycles. The Kier molecular flexibility index (Phi) is 8.51. The molecule has 1 aromatic rings. The number of aliphatic hydroxyl groups excluding tert-OH is 1. The summed E-state index contributed by atoms with van der Waals surface area (Å²) < 4.78 is 19.1. The van der Waals surface area contributed by atoms with Gasteiger partial charge in [0.25, 0.3) is 0 Å².